The molecule has 2 aliphatic rings. The molecular formula is C19H20N2O3S. The van der Waals surface area contributed by atoms with Gasteiger partial charge in [0, 0.05) is 17.3 Å². The normalized spacial score (nSPS) is 16.5. The van der Waals surface area contributed by atoms with E-state index < -0.39 is 10.0 Å². The van der Waals surface area contributed by atoms with Crippen LogP contribution in [0.1, 0.15) is 40.7 Å². The van der Waals surface area contributed by atoms with Gasteiger partial charge in [-0.2, -0.15) is 0 Å². The summed E-state index contributed by atoms with van der Waals surface area (Å²) < 4.78 is 27.2. The summed E-state index contributed by atoms with van der Waals surface area (Å²) in [6, 6.07) is 12.2. The molecule has 2 aromatic rings. The van der Waals surface area contributed by atoms with E-state index in [0.29, 0.717) is 5.56 Å². The summed E-state index contributed by atoms with van der Waals surface area (Å²) >= 11 is 0. The summed E-state index contributed by atoms with van der Waals surface area (Å²) in [6.45, 7) is 0. The summed E-state index contributed by atoms with van der Waals surface area (Å²) in [4.78, 5) is 12.6. The Morgan fingerprint density at radius 1 is 1.00 bits per heavy atom. The van der Waals surface area contributed by atoms with E-state index in [1.54, 1.807) is 12.1 Å². The standard InChI is InChI=1S/C19H20N2O3S/c22-19(20-17-8-7-13-3-1-4-14(13)11-17)15-5-2-6-18(12-15)25(23,24)21-16-9-10-16/h2,5-8,11-12,16,21H,1,3-4,9-10H2,(H,20,22). The lowest BCUT2D eigenvalue weighted by atomic mass is 10.1. The minimum atomic E-state index is -3.56. The minimum absolute atomic E-state index is 0.0360. The molecule has 0 atom stereocenters. The summed E-state index contributed by atoms with van der Waals surface area (Å²) in [6.07, 6.45) is 5.03. The van der Waals surface area contributed by atoms with Gasteiger partial charge in [-0.3, -0.25) is 4.79 Å². The first kappa shape index (κ1) is 16.3. The third-order valence-corrected chi connectivity index (χ3v) is 6.18. The predicted octanol–water partition coefficient (Wildman–Crippen LogP) is 2.87. The van der Waals surface area contributed by atoms with Crippen molar-refractivity contribution in [3.05, 3.63) is 59.2 Å². The van der Waals surface area contributed by atoms with Crippen LogP contribution >= 0.6 is 0 Å². The van der Waals surface area contributed by atoms with Crippen LogP contribution in [0.3, 0.4) is 0 Å². The lowest BCUT2D eigenvalue weighted by molar-refractivity contribution is 0.102. The number of aryl methyl sites for hydroxylation is 2. The van der Waals surface area contributed by atoms with Crippen LogP contribution in [-0.4, -0.2) is 20.4 Å². The van der Waals surface area contributed by atoms with E-state index >= 15 is 0 Å². The molecule has 0 aliphatic heterocycles. The van der Waals surface area contributed by atoms with E-state index in [9.17, 15) is 13.2 Å². The van der Waals surface area contributed by atoms with Crippen LogP contribution in [0, 0.1) is 0 Å². The van der Waals surface area contributed by atoms with Crippen molar-refractivity contribution in [3.63, 3.8) is 0 Å². The Kier molecular flexibility index (Phi) is 4.09. The summed E-state index contributed by atoms with van der Waals surface area (Å²) in [5, 5.41) is 2.87. The van der Waals surface area contributed by atoms with E-state index in [-0.39, 0.29) is 16.8 Å². The Balaban J connectivity index is 1.53. The molecule has 0 unspecified atom stereocenters. The first-order chi connectivity index (χ1) is 12.0. The zero-order chi connectivity index (χ0) is 17.4. The van der Waals surface area contributed by atoms with Crippen LogP contribution in [0.4, 0.5) is 5.69 Å². The maximum Gasteiger partial charge on any atom is 0.255 e. The van der Waals surface area contributed by atoms with E-state index in [0.717, 1.165) is 37.8 Å². The van der Waals surface area contributed by atoms with Gasteiger partial charge in [0.05, 0.1) is 4.90 Å². The van der Waals surface area contributed by atoms with Crippen molar-refractivity contribution < 1.29 is 13.2 Å². The molecule has 0 heterocycles. The molecule has 2 aromatic carbocycles. The van der Waals surface area contributed by atoms with E-state index in [2.05, 4.69) is 16.1 Å². The number of benzene rings is 2. The number of hydrogen-bond donors (Lipinski definition) is 2. The highest BCUT2D eigenvalue weighted by Gasteiger charge is 2.28. The van der Waals surface area contributed by atoms with E-state index in [1.165, 1.54) is 23.3 Å². The van der Waals surface area contributed by atoms with E-state index in [1.807, 2.05) is 12.1 Å². The van der Waals surface area contributed by atoms with Crippen LogP contribution in [-0.2, 0) is 22.9 Å². The smallest absolute Gasteiger partial charge is 0.255 e. The van der Waals surface area contributed by atoms with Crippen molar-refractivity contribution in [3.8, 4) is 0 Å². The second-order valence-electron chi connectivity index (χ2n) is 6.71. The third-order valence-electron chi connectivity index (χ3n) is 4.66. The fraction of sp³-hybridized carbons (Fsp3) is 0.316. The molecule has 0 saturated heterocycles. The second-order valence-corrected chi connectivity index (χ2v) is 8.43. The van der Waals surface area contributed by atoms with Crippen molar-refractivity contribution >= 4 is 21.6 Å². The van der Waals surface area contributed by atoms with Crippen LogP contribution in [0.25, 0.3) is 0 Å². The van der Waals surface area contributed by atoms with Crippen LogP contribution in [0.2, 0.25) is 0 Å². The average Bonchev–Trinajstić information content (AvgIpc) is 3.27. The fourth-order valence-electron chi connectivity index (χ4n) is 3.15. The molecule has 0 aromatic heterocycles. The van der Waals surface area contributed by atoms with Gasteiger partial charge >= 0.3 is 0 Å². The Bertz CT molecular complexity index is 933. The van der Waals surface area contributed by atoms with Crippen molar-refractivity contribution in [2.24, 2.45) is 0 Å². The van der Waals surface area contributed by atoms with Crippen LogP contribution in [0.5, 0.6) is 0 Å². The van der Waals surface area contributed by atoms with Gasteiger partial charge in [-0.05, 0) is 73.6 Å². The average molecular weight is 356 g/mol. The number of anilines is 1. The summed E-state index contributed by atoms with van der Waals surface area (Å²) in [7, 11) is -3.56. The lowest BCUT2D eigenvalue weighted by Gasteiger charge is -2.09. The molecule has 1 fully saturated rings. The van der Waals surface area contributed by atoms with Crippen molar-refractivity contribution in [1.82, 2.24) is 4.72 Å². The van der Waals surface area contributed by atoms with Gasteiger partial charge in [0.25, 0.3) is 5.91 Å². The maximum absolute atomic E-state index is 12.5. The van der Waals surface area contributed by atoms with E-state index in [4.69, 9.17) is 0 Å². The van der Waals surface area contributed by atoms with Gasteiger partial charge in [0.1, 0.15) is 0 Å². The highest BCUT2D eigenvalue weighted by atomic mass is 32.2. The number of amides is 1. The number of hydrogen-bond acceptors (Lipinski definition) is 3. The quantitative estimate of drug-likeness (QED) is 0.865. The van der Waals surface area contributed by atoms with Gasteiger partial charge in [0.2, 0.25) is 10.0 Å². The molecule has 130 valence electrons. The van der Waals surface area contributed by atoms with Gasteiger partial charge < -0.3 is 5.32 Å². The van der Waals surface area contributed by atoms with Crippen LogP contribution < -0.4 is 10.0 Å². The Labute approximate surface area is 147 Å². The topological polar surface area (TPSA) is 75.3 Å². The molecule has 1 amide bonds. The summed E-state index contributed by atoms with van der Waals surface area (Å²) in [5.41, 5.74) is 3.70. The Hall–Kier alpha value is -2.18. The minimum Gasteiger partial charge on any atom is -0.322 e. The first-order valence-electron chi connectivity index (χ1n) is 8.57. The third kappa shape index (κ3) is 3.60. The lowest BCUT2D eigenvalue weighted by Crippen LogP contribution is -2.26. The number of carbonyl (C=O) groups is 1. The molecule has 25 heavy (non-hydrogen) atoms. The molecule has 5 nitrogen and oxygen atoms in total. The SMILES string of the molecule is O=C(Nc1ccc2c(c1)CCC2)c1cccc(S(=O)(=O)NC2CC2)c1. The highest BCUT2D eigenvalue weighted by molar-refractivity contribution is 7.89. The molecule has 2 aliphatic carbocycles. The molecule has 6 heteroatoms. The monoisotopic (exact) mass is 356 g/mol. The highest BCUT2D eigenvalue weighted by Crippen LogP contribution is 2.26. The zero-order valence-corrected chi connectivity index (χ0v) is 14.6. The fourth-order valence-corrected chi connectivity index (χ4v) is 4.50. The van der Waals surface area contributed by atoms with Gasteiger partial charge in [-0.15, -0.1) is 0 Å². The maximum atomic E-state index is 12.5. The molecule has 1 saturated carbocycles. The predicted molar refractivity (Wildman–Crippen MR) is 96.2 cm³/mol. The molecule has 0 radical (unpaired) electrons. The van der Waals surface area contributed by atoms with Gasteiger partial charge in [0.15, 0.2) is 0 Å². The van der Waals surface area contributed by atoms with Crippen molar-refractivity contribution in [2.45, 2.75) is 43.0 Å². The van der Waals surface area contributed by atoms with Crippen LogP contribution in [0.15, 0.2) is 47.4 Å². The number of fused-ring (bicyclic) bond motifs is 1. The molecule has 2 N–H and O–H groups in total. The first-order valence-corrected chi connectivity index (χ1v) is 10.1. The Morgan fingerprint density at radius 2 is 1.80 bits per heavy atom. The number of sulfonamides is 1. The summed E-state index contributed by atoms with van der Waals surface area (Å²) in [5.74, 6) is -0.304. The second kappa shape index (κ2) is 6.28. The van der Waals surface area contributed by atoms with Gasteiger partial charge in [-0.1, -0.05) is 12.1 Å². The number of rotatable bonds is 5. The molecule has 0 spiro atoms. The Morgan fingerprint density at radius 3 is 2.60 bits per heavy atom. The molecule has 4 rings (SSSR count). The number of nitrogens with one attached hydrogen (secondary N) is 2. The van der Waals surface area contributed by atoms with Crippen molar-refractivity contribution in [2.75, 3.05) is 5.32 Å². The van der Waals surface area contributed by atoms with Gasteiger partial charge in [-0.25, -0.2) is 13.1 Å². The molecule has 0 bridgehead atoms. The number of carbonyl (C=O) groups excluding carboxylic acids is 1. The zero-order valence-electron chi connectivity index (χ0n) is 13.8. The largest absolute Gasteiger partial charge is 0.322 e. The molecular weight excluding hydrogens is 336 g/mol. The van der Waals surface area contributed by atoms with Crippen molar-refractivity contribution in [1.29, 1.82) is 0 Å².